The summed E-state index contributed by atoms with van der Waals surface area (Å²) < 4.78 is 39.2. The number of hydrogen-bond donors (Lipinski definition) is 1. The standard InChI is InChI=1S/C22H34N4O5S/c1-25-8-6-15(7-9-25)14-32(28,29)26-17-4-5-18(26)12-16(11-17)23-22(27)19-13-21(31-24-19)20-3-2-10-30-20/h13,15-18,20H,2-12,14H2,1H3,(H,23,27). The molecule has 5 heterocycles. The predicted octanol–water partition coefficient (Wildman–Crippen LogP) is 1.92. The van der Waals surface area contributed by atoms with Crippen molar-refractivity contribution in [1.82, 2.24) is 19.7 Å². The van der Waals surface area contributed by atoms with Gasteiger partial charge in [-0.1, -0.05) is 5.16 Å². The van der Waals surface area contributed by atoms with Crippen LogP contribution in [0.15, 0.2) is 10.6 Å². The zero-order valence-electron chi connectivity index (χ0n) is 18.7. The van der Waals surface area contributed by atoms with Crippen LogP contribution in [0.3, 0.4) is 0 Å². The highest BCUT2D eigenvalue weighted by atomic mass is 32.2. The largest absolute Gasteiger partial charge is 0.370 e. The molecule has 4 aliphatic rings. The molecular weight excluding hydrogens is 432 g/mol. The van der Waals surface area contributed by atoms with Crippen molar-refractivity contribution in [2.24, 2.45) is 5.92 Å². The van der Waals surface area contributed by atoms with Crippen molar-refractivity contribution in [3.05, 3.63) is 17.5 Å². The zero-order chi connectivity index (χ0) is 22.3. The fourth-order valence-corrected chi connectivity index (χ4v) is 8.32. The molecule has 3 unspecified atom stereocenters. The van der Waals surface area contributed by atoms with Crippen LogP contribution in [0.1, 0.15) is 73.7 Å². The molecule has 1 amide bonds. The van der Waals surface area contributed by atoms with Crippen LogP contribution in [0.4, 0.5) is 0 Å². The van der Waals surface area contributed by atoms with Gasteiger partial charge >= 0.3 is 0 Å². The summed E-state index contributed by atoms with van der Waals surface area (Å²) in [5, 5.41) is 7.00. The van der Waals surface area contributed by atoms with Gasteiger partial charge in [-0.05, 0) is 77.4 Å². The van der Waals surface area contributed by atoms with Crippen molar-refractivity contribution >= 4 is 15.9 Å². The van der Waals surface area contributed by atoms with E-state index >= 15 is 0 Å². The molecule has 0 saturated carbocycles. The van der Waals surface area contributed by atoms with Crippen LogP contribution in [-0.2, 0) is 14.8 Å². The highest BCUT2D eigenvalue weighted by molar-refractivity contribution is 7.89. The van der Waals surface area contributed by atoms with E-state index in [1.807, 2.05) is 0 Å². The average Bonchev–Trinajstić information content (AvgIpc) is 3.49. The second-order valence-corrected chi connectivity index (χ2v) is 11.9. The van der Waals surface area contributed by atoms with Gasteiger partial charge in [0.1, 0.15) is 6.10 Å². The van der Waals surface area contributed by atoms with E-state index in [-0.39, 0.29) is 47.5 Å². The van der Waals surface area contributed by atoms with Crippen LogP contribution in [-0.4, -0.2) is 79.3 Å². The molecule has 178 valence electrons. The Labute approximate surface area is 189 Å². The number of sulfonamides is 1. The Morgan fingerprint density at radius 1 is 1.16 bits per heavy atom. The maximum atomic E-state index is 13.3. The summed E-state index contributed by atoms with van der Waals surface area (Å²) in [6.07, 6.45) is 6.70. The summed E-state index contributed by atoms with van der Waals surface area (Å²) in [6, 6.07) is 1.59. The Bertz CT molecular complexity index is 907. The maximum Gasteiger partial charge on any atom is 0.273 e. The highest BCUT2D eigenvalue weighted by Crippen LogP contribution is 2.39. The number of carbonyl (C=O) groups is 1. The molecule has 3 atom stereocenters. The number of rotatable bonds is 6. The molecule has 0 spiro atoms. The number of aromatic nitrogens is 1. The van der Waals surface area contributed by atoms with Crippen LogP contribution in [0, 0.1) is 5.92 Å². The summed E-state index contributed by atoms with van der Waals surface area (Å²) in [5.41, 5.74) is 0.264. The van der Waals surface area contributed by atoms with Crippen LogP contribution in [0.5, 0.6) is 0 Å². The third-order valence-electron chi connectivity index (χ3n) is 7.62. The topological polar surface area (TPSA) is 105 Å². The summed E-state index contributed by atoms with van der Waals surface area (Å²) in [6.45, 7) is 2.64. The van der Waals surface area contributed by atoms with Crippen LogP contribution in [0.25, 0.3) is 0 Å². The van der Waals surface area contributed by atoms with Crippen molar-refractivity contribution in [2.75, 3.05) is 32.5 Å². The lowest BCUT2D eigenvalue weighted by Crippen LogP contribution is -2.53. The Kier molecular flexibility index (Phi) is 6.30. The van der Waals surface area contributed by atoms with Crippen LogP contribution in [0.2, 0.25) is 0 Å². The molecule has 5 rings (SSSR count). The molecule has 10 heteroatoms. The molecule has 1 aromatic heterocycles. The molecule has 4 fully saturated rings. The molecule has 4 aliphatic heterocycles. The molecule has 2 bridgehead atoms. The number of nitrogens with zero attached hydrogens (tertiary/aromatic N) is 3. The normalized spacial score (nSPS) is 32.4. The number of nitrogens with one attached hydrogen (secondary N) is 1. The second kappa shape index (κ2) is 9.04. The highest BCUT2D eigenvalue weighted by Gasteiger charge is 2.47. The smallest absolute Gasteiger partial charge is 0.273 e. The van der Waals surface area contributed by atoms with Gasteiger partial charge in [-0.3, -0.25) is 4.79 Å². The summed E-state index contributed by atoms with van der Waals surface area (Å²) >= 11 is 0. The van der Waals surface area contributed by atoms with E-state index in [1.165, 1.54) is 0 Å². The lowest BCUT2D eigenvalue weighted by molar-refractivity contribution is 0.0862. The third-order valence-corrected chi connectivity index (χ3v) is 9.75. The van der Waals surface area contributed by atoms with Gasteiger partial charge in [-0.2, -0.15) is 4.31 Å². The third kappa shape index (κ3) is 4.60. The molecule has 9 nitrogen and oxygen atoms in total. The van der Waals surface area contributed by atoms with Crippen molar-refractivity contribution in [3.63, 3.8) is 0 Å². The average molecular weight is 467 g/mol. The first-order chi connectivity index (χ1) is 15.4. The molecule has 4 saturated heterocycles. The Morgan fingerprint density at radius 3 is 2.53 bits per heavy atom. The first-order valence-corrected chi connectivity index (χ1v) is 13.6. The minimum absolute atomic E-state index is 0.0185. The van der Waals surface area contributed by atoms with E-state index in [4.69, 9.17) is 9.26 Å². The molecule has 0 aliphatic carbocycles. The predicted molar refractivity (Wildman–Crippen MR) is 118 cm³/mol. The first-order valence-electron chi connectivity index (χ1n) is 12.0. The van der Waals surface area contributed by atoms with Crippen molar-refractivity contribution in [2.45, 2.75) is 75.6 Å². The van der Waals surface area contributed by atoms with Gasteiger partial charge in [0.05, 0.1) is 5.75 Å². The quantitative estimate of drug-likeness (QED) is 0.683. The van der Waals surface area contributed by atoms with E-state index < -0.39 is 10.0 Å². The van der Waals surface area contributed by atoms with Crippen LogP contribution < -0.4 is 5.32 Å². The number of likely N-dealkylation sites (tertiary alicyclic amines) is 1. The zero-order valence-corrected chi connectivity index (χ0v) is 19.6. The monoisotopic (exact) mass is 466 g/mol. The van der Waals surface area contributed by atoms with Crippen molar-refractivity contribution in [3.8, 4) is 0 Å². The number of piperidine rings is 2. The fourth-order valence-electron chi connectivity index (χ4n) is 5.93. The van der Waals surface area contributed by atoms with Gasteiger partial charge in [0.2, 0.25) is 10.0 Å². The minimum Gasteiger partial charge on any atom is -0.370 e. The molecule has 0 aromatic carbocycles. The summed E-state index contributed by atoms with van der Waals surface area (Å²) in [7, 11) is -1.20. The van der Waals surface area contributed by atoms with Crippen molar-refractivity contribution < 1.29 is 22.5 Å². The van der Waals surface area contributed by atoms with Crippen LogP contribution >= 0.6 is 0 Å². The lowest BCUT2D eigenvalue weighted by Gasteiger charge is -2.39. The molecular formula is C22H34N4O5S. The number of carbonyl (C=O) groups excluding carboxylic acids is 1. The van der Waals surface area contributed by atoms with E-state index in [0.29, 0.717) is 25.2 Å². The van der Waals surface area contributed by atoms with Gasteiger partial charge in [-0.15, -0.1) is 0 Å². The lowest BCUT2D eigenvalue weighted by atomic mass is 9.99. The summed E-state index contributed by atoms with van der Waals surface area (Å²) in [5.74, 6) is 0.848. The molecule has 32 heavy (non-hydrogen) atoms. The van der Waals surface area contributed by atoms with Gasteiger partial charge in [0.15, 0.2) is 11.5 Å². The Balaban J connectivity index is 1.18. The van der Waals surface area contributed by atoms with Gasteiger partial charge in [0.25, 0.3) is 5.91 Å². The van der Waals surface area contributed by atoms with Gasteiger partial charge < -0.3 is 19.5 Å². The number of ether oxygens (including phenoxy) is 1. The van der Waals surface area contributed by atoms with E-state index in [2.05, 4.69) is 22.4 Å². The summed E-state index contributed by atoms with van der Waals surface area (Å²) in [4.78, 5) is 15.0. The molecule has 0 radical (unpaired) electrons. The van der Waals surface area contributed by atoms with E-state index in [0.717, 1.165) is 51.6 Å². The first kappa shape index (κ1) is 22.3. The fraction of sp³-hybridized carbons (Fsp3) is 0.818. The molecule has 1 aromatic rings. The second-order valence-electron chi connectivity index (χ2n) is 10.00. The number of amides is 1. The van der Waals surface area contributed by atoms with E-state index in [9.17, 15) is 13.2 Å². The maximum absolute atomic E-state index is 13.3. The minimum atomic E-state index is -3.29. The van der Waals surface area contributed by atoms with E-state index in [1.54, 1.807) is 10.4 Å². The SMILES string of the molecule is CN1CCC(CS(=O)(=O)N2C3CCC2CC(NC(=O)c2cc(C4CCCO4)on2)C3)CC1. The van der Waals surface area contributed by atoms with Gasteiger partial charge in [-0.25, -0.2) is 8.42 Å². The number of hydrogen-bond acceptors (Lipinski definition) is 7. The molecule has 1 N–H and O–H groups in total. The Morgan fingerprint density at radius 2 is 1.88 bits per heavy atom. The Hall–Kier alpha value is -1.49. The van der Waals surface area contributed by atoms with Crippen molar-refractivity contribution in [1.29, 1.82) is 0 Å². The van der Waals surface area contributed by atoms with Gasteiger partial charge in [0, 0.05) is 30.8 Å². The number of fused-ring (bicyclic) bond motifs is 2.